The van der Waals surface area contributed by atoms with Gasteiger partial charge in [0.05, 0.1) is 12.3 Å². The summed E-state index contributed by atoms with van der Waals surface area (Å²) >= 11 is 0. The van der Waals surface area contributed by atoms with Gasteiger partial charge in [0.1, 0.15) is 11.4 Å². The monoisotopic (exact) mass is 491 g/mol. The van der Waals surface area contributed by atoms with E-state index < -0.39 is 5.91 Å². The lowest BCUT2D eigenvalue weighted by Crippen LogP contribution is -2.33. The summed E-state index contributed by atoms with van der Waals surface area (Å²) in [6, 6.07) is 30.1. The van der Waals surface area contributed by atoms with Crippen molar-refractivity contribution in [3.05, 3.63) is 119 Å². The van der Waals surface area contributed by atoms with E-state index in [9.17, 15) is 9.59 Å². The van der Waals surface area contributed by atoms with Crippen molar-refractivity contribution in [1.82, 2.24) is 10.7 Å². The molecule has 6 nitrogen and oxygen atoms in total. The van der Waals surface area contributed by atoms with Crippen LogP contribution in [0.5, 0.6) is 5.75 Å². The molecule has 6 heteroatoms. The highest BCUT2D eigenvalue weighted by atomic mass is 16.5. The Morgan fingerprint density at radius 3 is 2.27 bits per heavy atom. The molecule has 4 rings (SSSR count). The molecular weight excluding hydrogens is 462 g/mol. The first-order valence-corrected chi connectivity index (χ1v) is 12.2. The molecule has 0 heterocycles. The first kappa shape index (κ1) is 25.4. The van der Waals surface area contributed by atoms with E-state index >= 15 is 0 Å². The topological polar surface area (TPSA) is 79.8 Å². The predicted octanol–water partition coefficient (Wildman–Crippen LogP) is 5.94. The zero-order valence-electron chi connectivity index (χ0n) is 20.9. The summed E-state index contributed by atoms with van der Waals surface area (Å²) < 4.78 is 5.63. The third kappa shape index (κ3) is 6.92. The van der Waals surface area contributed by atoms with Gasteiger partial charge in [-0.15, -0.1) is 0 Å². The Morgan fingerprint density at radius 2 is 1.54 bits per heavy atom. The van der Waals surface area contributed by atoms with Gasteiger partial charge in [-0.1, -0.05) is 73.7 Å². The molecule has 0 spiro atoms. The molecule has 0 aromatic heterocycles. The van der Waals surface area contributed by atoms with Crippen LogP contribution in [0.1, 0.15) is 41.8 Å². The van der Waals surface area contributed by atoms with Gasteiger partial charge in [0.25, 0.3) is 11.8 Å². The molecule has 0 aliphatic carbocycles. The van der Waals surface area contributed by atoms with Gasteiger partial charge >= 0.3 is 0 Å². The van der Waals surface area contributed by atoms with E-state index in [0.717, 1.165) is 34.1 Å². The fraction of sp³-hybridized carbons (Fsp3) is 0.129. The molecule has 0 atom stereocenters. The molecule has 0 aliphatic rings. The maximum atomic E-state index is 13.1. The van der Waals surface area contributed by atoms with Gasteiger partial charge in [-0.2, -0.15) is 5.10 Å². The summed E-state index contributed by atoms with van der Waals surface area (Å²) in [5.74, 6) is -0.176. The van der Waals surface area contributed by atoms with Crippen LogP contribution in [0.4, 0.5) is 0 Å². The van der Waals surface area contributed by atoms with E-state index in [2.05, 4.69) is 15.8 Å². The number of nitrogens with one attached hydrogen (secondary N) is 2. The average molecular weight is 492 g/mol. The Kier molecular flexibility index (Phi) is 8.45. The molecule has 0 aliphatic heterocycles. The highest BCUT2D eigenvalue weighted by Gasteiger charge is 2.15. The molecule has 0 bridgehead atoms. The van der Waals surface area contributed by atoms with Crippen molar-refractivity contribution in [2.45, 2.75) is 20.3 Å². The second-order valence-electron chi connectivity index (χ2n) is 8.50. The normalized spacial score (nSPS) is 11.7. The van der Waals surface area contributed by atoms with Crippen molar-refractivity contribution < 1.29 is 14.3 Å². The molecule has 0 unspecified atom stereocenters. The van der Waals surface area contributed by atoms with Gasteiger partial charge in [0, 0.05) is 5.56 Å². The van der Waals surface area contributed by atoms with Gasteiger partial charge in [0.2, 0.25) is 0 Å². The lowest BCUT2D eigenvalue weighted by molar-refractivity contribution is -0.117. The van der Waals surface area contributed by atoms with Crippen LogP contribution in [0, 0.1) is 0 Å². The quantitative estimate of drug-likeness (QED) is 0.173. The van der Waals surface area contributed by atoms with E-state index in [1.54, 1.807) is 30.3 Å². The predicted molar refractivity (Wildman–Crippen MR) is 148 cm³/mol. The summed E-state index contributed by atoms with van der Waals surface area (Å²) in [6.07, 6.45) is 2.53. The molecule has 2 N–H and O–H groups in total. The number of hydrazone groups is 1. The van der Waals surface area contributed by atoms with Gasteiger partial charge < -0.3 is 10.1 Å². The van der Waals surface area contributed by atoms with E-state index in [1.165, 1.54) is 0 Å². The van der Waals surface area contributed by atoms with E-state index in [4.69, 9.17) is 4.74 Å². The van der Waals surface area contributed by atoms with Crippen LogP contribution < -0.4 is 15.5 Å². The lowest BCUT2D eigenvalue weighted by Gasteiger charge is -2.10. The third-order valence-corrected chi connectivity index (χ3v) is 5.69. The molecule has 0 saturated carbocycles. The first-order chi connectivity index (χ1) is 18.0. The van der Waals surface area contributed by atoms with Crippen molar-refractivity contribution in [3.8, 4) is 5.75 Å². The highest BCUT2D eigenvalue weighted by molar-refractivity contribution is 6.07. The number of carbonyl (C=O) groups excluding carboxylic acids is 2. The van der Waals surface area contributed by atoms with Gasteiger partial charge in [0.15, 0.2) is 0 Å². The minimum Gasteiger partial charge on any atom is -0.494 e. The number of nitrogens with zero attached hydrogens (tertiary/aromatic N) is 1. The number of hydrogen-bond donors (Lipinski definition) is 2. The average Bonchev–Trinajstić information content (AvgIpc) is 2.95. The zero-order chi connectivity index (χ0) is 26.0. The number of hydrogen-bond acceptors (Lipinski definition) is 4. The fourth-order valence-electron chi connectivity index (χ4n) is 3.66. The zero-order valence-corrected chi connectivity index (χ0v) is 20.9. The molecule has 2 amide bonds. The molecule has 37 heavy (non-hydrogen) atoms. The maximum Gasteiger partial charge on any atom is 0.287 e. The van der Waals surface area contributed by atoms with E-state index in [1.807, 2.05) is 86.6 Å². The van der Waals surface area contributed by atoms with Crippen LogP contribution in [0.25, 0.3) is 16.8 Å². The van der Waals surface area contributed by atoms with Crippen LogP contribution >= 0.6 is 0 Å². The first-order valence-electron chi connectivity index (χ1n) is 12.2. The molecule has 0 fully saturated rings. The smallest absolute Gasteiger partial charge is 0.287 e. The van der Waals surface area contributed by atoms with Crippen molar-refractivity contribution >= 4 is 34.4 Å². The van der Waals surface area contributed by atoms with Gasteiger partial charge in [-0.3, -0.25) is 9.59 Å². The minimum atomic E-state index is -0.532. The van der Waals surface area contributed by atoms with Gasteiger partial charge in [-0.05, 0) is 71.7 Å². The number of ether oxygens (including phenoxy) is 1. The Hall–Kier alpha value is -4.71. The summed E-state index contributed by atoms with van der Waals surface area (Å²) in [4.78, 5) is 26.0. The Labute approximate surface area is 216 Å². The van der Waals surface area contributed by atoms with E-state index in [-0.39, 0.29) is 11.6 Å². The minimum absolute atomic E-state index is 0.0751. The van der Waals surface area contributed by atoms with Crippen LogP contribution in [0.3, 0.4) is 0 Å². The van der Waals surface area contributed by atoms with Crippen molar-refractivity contribution in [2.75, 3.05) is 6.61 Å². The maximum absolute atomic E-state index is 13.1. The second kappa shape index (κ2) is 12.3. The number of fused-ring (bicyclic) bond motifs is 1. The molecule has 0 radical (unpaired) electrons. The molecule has 0 saturated heterocycles. The lowest BCUT2D eigenvalue weighted by atomic mass is 10.0. The second-order valence-corrected chi connectivity index (χ2v) is 8.50. The fourth-order valence-corrected chi connectivity index (χ4v) is 3.66. The summed E-state index contributed by atoms with van der Waals surface area (Å²) in [6.45, 7) is 4.50. The number of carbonyl (C=O) groups is 2. The Morgan fingerprint density at radius 1 is 0.838 bits per heavy atom. The number of benzene rings is 4. The van der Waals surface area contributed by atoms with Crippen LogP contribution in [0.2, 0.25) is 0 Å². The van der Waals surface area contributed by atoms with Crippen LogP contribution in [-0.4, -0.2) is 24.1 Å². The SMILES string of the molecule is CCCOc1ccc(C=C(NC(=O)c2ccccc2)C(=O)NN=C(C)c2ccc3ccccc3c2)cc1. The van der Waals surface area contributed by atoms with Crippen molar-refractivity contribution in [1.29, 1.82) is 0 Å². The molecular formula is C31H29N3O3. The highest BCUT2D eigenvalue weighted by Crippen LogP contribution is 2.17. The van der Waals surface area contributed by atoms with Crippen molar-refractivity contribution in [2.24, 2.45) is 5.10 Å². The summed E-state index contributed by atoms with van der Waals surface area (Å²) in [7, 11) is 0. The Bertz CT molecular complexity index is 1440. The Balaban J connectivity index is 1.56. The molecule has 4 aromatic carbocycles. The third-order valence-electron chi connectivity index (χ3n) is 5.69. The standard InChI is InChI=1S/C31H29N3O3/c1-3-19-37-28-17-13-23(14-18-28)20-29(32-30(35)25-10-5-4-6-11-25)31(36)34-33-22(2)26-16-15-24-9-7-8-12-27(24)21-26/h4-18,20-21H,3,19H2,1-2H3,(H,32,35)(H,34,36). The number of amides is 2. The molecule has 4 aromatic rings. The van der Waals surface area contributed by atoms with Gasteiger partial charge in [-0.25, -0.2) is 5.43 Å². The summed E-state index contributed by atoms with van der Waals surface area (Å²) in [5.41, 5.74) is 5.37. The number of rotatable bonds is 9. The van der Waals surface area contributed by atoms with Crippen LogP contribution in [-0.2, 0) is 4.79 Å². The largest absolute Gasteiger partial charge is 0.494 e. The molecule has 186 valence electrons. The summed E-state index contributed by atoms with van der Waals surface area (Å²) in [5, 5.41) is 9.24. The van der Waals surface area contributed by atoms with Crippen molar-refractivity contribution in [3.63, 3.8) is 0 Å². The van der Waals surface area contributed by atoms with Crippen LogP contribution in [0.15, 0.2) is 108 Å². The van der Waals surface area contributed by atoms with E-state index in [0.29, 0.717) is 17.9 Å².